The minimum Gasteiger partial charge on any atom is -0.313 e. The highest BCUT2D eigenvalue weighted by Crippen LogP contribution is 2.10. The monoisotopic (exact) mass is 229 g/mol. The van der Waals surface area contributed by atoms with Gasteiger partial charge in [-0.1, -0.05) is 19.1 Å². The molecule has 1 aromatic carbocycles. The van der Waals surface area contributed by atoms with Gasteiger partial charge in [-0.05, 0) is 43.1 Å². The molecule has 3 nitrogen and oxygen atoms in total. The molecule has 0 fully saturated rings. The maximum absolute atomic E-state index is 4.32. The molecule has 2 rings (SSSR count). The summed E-state index contributed by atoms with van der Waals surface area (Å²) in [5.41, 5.74) is 3.59. The molecule has 0 saturated carbocycles. The summed E-state index contributed by atoms with van der Waals surface area (Å²) in [7, 11) is 0. The van der Waals surface area contributed by atoms with Crippen molar-refractivity contribution in [2.45, 2.75) is 26.8 Å². The van der Waals surface area contributed by atoms with Crippen LogP contribution in [0.5, 0.6) is 0 Å². The van der Waals surface area contributed by atoms with Gasteiger partial charge in [0.05, 0.1) is 11.9 Å². The molecule has 0 bridgehead atoms. The predicted octanol–water partition coefficient (Wildman–Crippen LogP) is 2.68. The normalized spacial score (nSPS) is 10.7. The molecule has 1 heterocycles. The summed E-state index contributed by atoms with van der Waals surface area (Å²) < 4.78 is 1.92. The van der Waals surface area contributed by atoms with Gasteiger partial charge in [-0.25, -0.2) is 4.68 Å². The third-order valence-corrected chi connectivity index (χ3v) is 2.64. The smallest absolute Gasteiger partial charge is 0.0648 e. The highest BCUT2D eigenvalue weighted by atomic mass is 15.3. The number of nitrogens with one attached hydrogen (secondary N) is 1. The van der Waals surface area contributed by atoms with Gasteiger partial charge in [0, 0.05) is 12.7 Å². The Morgan fingerprint density at radius 2 is 2.24 bits per heavy atom. The lowest BCUT2D eigenvalue weighted by Crippen LogP contribution is -2.13. The van der Waals surface area contributed by atoms with Crippen LogP contribution in [0, 0.1) is 6.92 Å². The van der Waals surface area contributed by atoms with Crippen LogP contribution in [-0.4, -0.2) is 16.3 Å². The Morgan fingerprint density at radius 1 is 1.35 bits per heavy atom. The van der Waals surface area contributed by atoms with Crippen LogP contribution in [-0.2, 0) is 6.54 Å². The zero-order valence-corrected chi connectivity index (χ0v) is 10.5. The lowest BCUT2D eigenvalue weighted by atomic mass is 10.2. The average molecular weight is 229 g/mol. The second-order valence-corrected chi connectivity index (χ2v) is 4.31. The highest BCUT2D eigenvalue weighted by molar-refractivity contribution is 5.35. The lowest BCUT2D eigenvalue weighted by molar-refractivity contribution is 0.675. The molecule has 0 radical (unpaired) electrons. The van der Waals surface area contributed by atoms with Crippen LogP contribution < -0.4 is 5.32 Å². The minimum atomic E-state index is 0.919. The molecule has 0 atom stereocenters. The standard InChI is InChI=1S/C14H19N3/c1-3-7-15-10-13-5-4-6-14(8-13)17-11-12(2)9-16-17/h4-6,8-9,11,15H,3,7,10H2,1-2H3. The van der Waals surface area contributed by atoms with Crippen molar-refractivity contribution < 1.29 is 0 Å². The Morgan fingerprint density at radius 3 is 2.94 bits per heavy atom. The third kappa shape index (κ3) is 3.17. The summed E-state index contributed by atoms with van der Waals surface area (Å²) in [6.45, 7) is 6.21. The zero-order valence-electron chi connectivity index (χ0n) is 10.5. The topological polar surface area (TPSA) is 29.9 Å². The molecule has 3 heteroatoms. The van der Waals surface area contributed by atoms with Crippen molar-refractivity contribution in [2.75, 3.05) is 6.54 Å². The molecule has 0 aliphatic carbocycles. The summed E-state index contributed by atoms with van der Waals surface area (Å²) in [5.74, 6) is 0. The van der Waals surface area contributed by atoms with E-state index in [4.69, 9.17) is 0 Å². The van der Waals surface area contributed by atoms with Crippen molar-refractivity contribution in [3.63, 3.8) is 0 Å². The first kappa shape index (κ1) is 11.9. The fourth-order valence-corrected chi connectivity index (χ4v) is 1.77. The molecular weight excluding hydrogens is 210 g/mol. The SMILES string of the molecule is CCCNCc1cccc(-n2cc(C)cn2)c1. The van der Waals surface area contributed by atoms with Crippen LogP contribution in [0.2, 0.25) is 0 Å². The first-order chi connectivity index (χ1) is 8.29. The van der Waals surface area contributed by atoms with E-state index in [1.807, 2.05) is 17.1 Å². The van der Waals surface area contributed by atoms with Crippen LogP contribution in [0.3, 0.4) is 0 Å². The molecule has 0 saturated heterocycles. The summed E-state index contributed by atoms with van der Waals surface area (Å²) in [4.78, 5) is 0. The fraction of sp³-hybridized carbons (Fsp3) is 0.357. The Balaban J connectivity index is 2.11. The minimum absolute atomic E-state index is 0.919. The van der Waals surface area contributed by atoms with Gasteiger partial charge >= 0.3 is 0 Å². The van der Waals surface area contributed by atoms with E-state index in [9.17, 15) is 0 Å². The van der Waals surface area contributed by atoms with Crippen molar-refractivity contribution in [2.24, 2.45) is 0 Å². The van der Waals surface area contributed by atoms with Gasteiger partial charge in [-0.15, -0.1) is 0 Å². The zero-order chi connectivity index (χ0) is 12.1. The number of aryl methyl sites for hydroxylation is 1. The Labute approximate surface area is 102 Å². The quantitative estimate of drug-likeness (QED) is 0.799. The molecule has 0 amide bonds. The van der Waals surface area contributed by atoms with Crippen molar-refractivity contribution in [3.8, 4) is 5.69 Å². The van der Waals surface area contributed by atoms with Crippen molar-refractivity contribution in [1.82, 2.24) is 15.1 Å². The maximum Gasteiger partial charge on any atom is 0.0648 e. The number of aromatic nitrogens is 2. The summed E-state index contributed by atoms with van der Waals surface area (Å²) in [5, 5.41) is 7.73. The number of hydrogen-bond donors (Lipinski definition) is 1. The van der Waals surface area contributed by atoms with E-state index in [2.05, 4.69) is 48.5 Å². The van der Waals surface area contributed by atoms with Gasteiger partial charge in [-0.3, -0.25) is 0 Å². The molecule has 0 aliphatic rings. The molecule has 90 valence electrons. The van der Waals surface area contributed by atoms with Crippen molar-refractivity contribution in [1.29, 1.82) is 0 Å². The van der Waals surface area contributed by atoms with Gasteiger partial charge < -0.3 is 5.32 Å². The second kappa shape index (κ2) is 5.64. The lowest BCUT2D eigenvalue weighted by Gasteiger charge is -2.06. The predicted molar refractivity (Wildman–Crippen MR) is 70.3 cm³/mol. The molecule has 1 aromatic heterocycles. The Bertz CT molecular complexity index is 474. The van der Waals surface area contributed by atoms with Crippen LogP contribution in [0.1, 0.15) is 24.5 Å². The second-order valence-electron chi connectivity index (χ2n) is 4.31. The Kier molecular flexibility index (Phi) is 3.94. The third-order valence-electron chi connectivity index (χ3n) is 2.64. The molecule has 17 heavy (non-hydrogen) atoms. The number of benzene rings is 1. The van der Waals surface area contributed by atoms with E-state index >= 15 is 0 Å². The van der Waals surface area contributed by atoms with Gasteiger partial charge in [0.15, 0.2) is 0 Å². The van der Waals surface area contributed by atoms with Crippen LogP contribution in [0.25, 0.3) is 5.69 Å². The molecule has 0 unspecified atom stereocenters. The first-order valence-electron chi connectivity index (χ1n) is 6.11. The van der Waals surface area contributed by atoms with E-state index in [0.717, 1.165) is 25.2 Å². The van der Waals surface area contributed by atoms with Crippen LogP contribution in [0.15, 0.2) is 36.7 Å². The van der Waals surface area contributed by atoms with E-state index in [1.54, 1.807) is 0 Å². The fourth-order valence-electron chi connectivity index (χ4n) is 1.77. The van der Waals surface area contributed by atoms with Crippen molar-refractivity contribution in [3.05, 3.63) is 47.8 Å². The number of hydrogen-bond acceptors (Lipinski definition) is 2. The summed E-state index contributed by atoms with van der Waals surface area (Å²) >= 11 is 0. The van der Waals surface area contributed by atoms with E-state index < -0.39 is 0 Å². The average Bonchev–Trinajstić information content (AvgIpc) is 2.77. The molecule has 0 aliphatic heterocycles. The van der Waals surface area contributed by atoms with Gasteiger partial charge in [0.1, 0.15) is 0 Å². The first-order valence-corrected chi connectivity index (χ1v) is 6.11. The van der Waals surface area contributed by atoms with E-state index in [-0.39, 0.29) is 0 Å². The van der Waals surface area contributed by atoms with Crippen LogP contribution >= 0.6 is 0 Å². The van der Waals surface area contributed by atoms with Crippen molar-refractivity contribution >= 4 is 0 Å². The van der Waals surface area contributed by atoms with Gasteiger partial charge in [-0.2, -0.15) is 5.10 Å². The van der Waals surface area contributed by atoms with E-state index in [1.165, 1.54) is 11.1 Å². The summed E-state index contributed by atoms with van der Waals surface area (Å²) in [6, 6.07) is 8.47. The largest absolute Gasteiger partial charge is 0.313 e. The molecular formula is C14H19N3. The number of rotatable bonds is 5. The summed E-state index contributed by atoms with van der Waals surface area (Å²) in [6.07, 6.45) is 5.08. The van der Waals surface area contributed by atoms with Gasteiger partial charge in [0.2, 0.25) is 0 Å². The number of nitrogens with zero attached hydrogens (tertiary/aromatic N) is 2. The van der Waals surface area contributed by atoms with Crippen LogP contribution in [0.4, 0.5) is 0 Å². The Hall–Kier alpha value is -1.61. The highest BCUT2D eigenvalue weighted by Gasteiger charge is 1.99. The molecule has 2 aromatic rings. The molecule has 1 N–H and O–H groups in total. The van der Waals surface area contributed by atoms with Gasteiger partial charge in [0.25, 0.3) is 0 Å². The molecule has 0 spiro atoms. The maximum atomic E-state index is 4.32. The van der Waals surface area contributed by atoms with E-state index in [0.29, 0.717) is 0 Å².